The van der Waals surface area contributed by atoms with Crippen LogP contribution in [-0.4, -0.2) is 35.8 Å². The molecule has 0 unspecified atom stereocenters. The maximum absolute atomic E-state index is 14.5. The molecule has 0 aliphatic carbocycles. The van der Waals surface area contributed by atoms with Crippen molar-refractivity contribution in [1.29, 1.82) is 0 Å². The number of benzene rings is 2. The van der Waals surface area contributed by atoms with Gasteiger partial charge in [0.05, 0.1) is 18.0 Å². The Kier molecular flexibility index (Phi) is 5.26. The van der Waals surface area contributed by atoms with Crippen molar-refractivity contribution in [2.24, 2.45) is 5.92 Å². The first-order valence-electron chi connectivity index (χ1n) is 11.2. The fourth-order valence-electron chi connectivity index (χ4n) is 5.57. The highest BCUT2D eigenvalue weighted by Gasteiger charge is 2.46. The number of hydrogen-bond donors (Lipinski definition) is 2. The molecule has 4 atom stereocenters. The number of amides is 2. The van der Waals surface area contributed by atoms with E-state index in [1.165, 1.54) is 12.1 Å². The second-order valence-electron chi connectivity index (χ2n) is 8.97. The van der Waals surface area contributed by atoms with Crippen molar-refractivity contribution in [2.75, 3.05) is 13.1 Å². The molecule has 162 valence electrons. The molecule has 31 heavy (non-hydrogen) atoms. The summed E-state index contributed by atoms with van der Waals surface area (Å²) in [4.78, 5) is 28.5. The van der Waals surface area contributed by atoms with E-state index in [0.717, 1.165) is 42.5 Å². The maximum atomic E-state index is 14.5. The van der Waals surface area contributed by atoms with E-state index in [0.29, 0.717) is 18.5 Å². The van der Waals surface area contributed by atoms with Crippen molar-refractivity contribution in [3.8, 4) is 0 Å². The van der Waals surface area contributed by atoms with Gasteiger partial charge in [0.25, 0.3) is 5.91 Å². The number of fused-ring (bicyclic) bond motifs is 4. The molecule has 0 radical (unpaired) electrons. The molecule has 5 rings (SSSR count). The molecule has 0 bridgehead atoms. The Hall–Kier alpha value is -2.73. The summed E-state index contributed by atoms with van der Waals surface area (Å²) in [6, 6.07) is 12.3. The average molecular weight is 422 g/mol. The van der Waals surface area contributed by atoms with Crippen LogP contribution in [0.5, 0.6) is 0 Å². The molecule has 2 aromatic rings. The smallest absolute Gasteiger partial charge is 0.252 e. The van der Waals surface area contributed by atoms with E-state index < -0.39 is 5.82 Å². The molecule has 3 heterocycles. The van der Waals surface area contributed by atoms with Gasteiger partial charge >= 0.3 is 0 Å². The molecule has 2 saturated heterocycles. The summed E-state index contributed by atoms with van der Waals surface area (Å²) < 4.78 is 14.5. The molecule has 0 spiro atoms. The van der Waals surface area contributed by atoms with E-state index in [-0.39, 0.29) is 35.9 Å². The molecule has 0 saturated carbocycles. The van der Waals surface area contributed by atoms with Gasteiger partial charge in [0, 0.05) is 18.2 Å². The van der Waals surface area contributed by atoms with E-state index in [9.17, 15) is 14.0 Å². The topological polar surface area (TPSA) is 61.4 Å². The van der Waals surface area contributed by atoms with Gasteiger partial charge in [-0.1, -0.05) is 30.3 Å². The van der Waals surface area contributed by atoms with Crippen molar-refractivity contribution < 1.29 is 14.0 Å². The van der Waals surface area contributed by atoms with E-state index in [4.69, 9.17) is 0 Å². The van der Waals surface area contributed by atoms with Crippen LogP contribution < -0.4 is 10.6 Å². The fraction of sp³-hybridized carbons (Fsp3) is 0.440. The SMILES string of the molecule is C[C@@H](NC(=O)c1cc(F)cc2c1[C@H]1C[C@H]3NCCC[C@H]3C(=O)N1CC2)c1ccccc1. The Morgan fingerprint density at radius 3 is 2.87 bits per heavy atom. The van der Waals surface area contributed by atoms with Gasteiger partial charge in [0.15, 0.2) is 0 Å². The molecule has 3 aliphatic heterocycles. The van der Waals surface area contributed by atoms with Crippen molar-refractivity contribution >= 4 is 11.8 Å². The standard InChI is InChI=1S/C25H28FN3O2/c1-15(16-6-3-2-4-7-16)28-24(30)20-13-18(26)12-17-9-11-29-22(23(17)20)14-21-19(25(29)31)8-5-10-27-21/h2-4,6-7,12-13,15,19,21-22,27H,5,8-11,14H2,1H3,(H,28,30)/t15-,19-,21-,22-/m1/s1. The van der Waals surface area contributed by atoms with Crippen LogP contribution in [0.15, 0.2) is 42.5 Å². The van der Waals surface area contributed by atoms with Gasteiger partial charge in [-0.15, -0.1) is 0 Å². The molecule has 5 nitrogen and oxygen atoms in total. The zero-order valence-corrected chi connectivity index (χ0v) is 17.7. The summed E-state index contributed by atoms with van der Waals surface area (Å²) in [6.45, 7) is 3.43. The van der Waals surface area contributed by atoms with Gasteiger partial charge in [-0.05, 0) is 68.0 Å². The molecule has 3 aliphatic rings. The van der Waals surface area contributed by atoms with E-state index in [1.807, 2.05) is 42.2 Å². The van der Waals surface area contributed by atoms with Crippen LogP contribution in [0.3, 0.4) is 0 Å². The minimum atomic E-state index is -0.402. The fourth-order valence-corrected chi connectivity index (χ4v) is 5.57. The Morgan fingerprint density at radius 1 is 1.26 bits per heavy atom. The van der Waals surface area contributed by atoms with Crippen LogP contribution >= 0.6 is 0 Å². The minimum Gasteiger partial charge on any atom is -0.346 e. The van der Waals surface area contributed by atoms with Crippen molar-refractivity contribution in [2.45, 2.75) is 50.7 Å². The number of halogens is 1. The lowest BCUT2D eigenvalue weighted by molar-refractivity contribution is -0.145. The Morgan fingerprint density at radius 2 is 2.06 bits per heavy atom. The number of nitrogens with one attached hydrogen (secondary N) is 2. The lowest BCUT2D eigenvalue weighted by Crippen LogP contribution is -2.58. The summed E-state index contributed by atoms with van der Waals surface area (Å²) in [6.07, 6.45) is 3.27. The van der Waals surface area contributed by atoms with Gasteiger partial charge in [-0.3, -0.25) is 9.59 Å². The quantitative estimate of drug-likeness (QED) is 0.797. The Bertz CT molecular complexity index is 1010. The second kappa shape index (κ2) is 8.08. The monoisotopic (exact) mass is 421 g/mol. The minimum absolute atomic E-state index is 0.0161. The number of nitrogens with zero attached hydrogens (tertiary/aromatic N) is 1. The predicted molar refractivity (Wildman–Crippen MR) is 116 cm³/mol. The van der Waals surface area contributed by atoms with Crippen LogP contribution in [0, 0.1) is 11.7 Å². The summed E-state index contributed by atoms with van der Waals surface area (Å²) >= 11 is 0. The molecule has 0 aromatic heterocycles. The Labute approximate surface area is 182 Å². The Balaban J connectivity index is 1.49. The van der Waals surface area contributed by atoms with Crippen molar-refractivity contribution in [3.05, 3.63) is 70.5 Å². The molecular formula is C25H28FN3O2. The first kappa shape index (κ1) is 20.2. The molecule has 6 heteroatoms. The lowest BCUT2D eigenvalue weighted by Gasteiger charge is -2.48. The van der Waals surface area contributed by atoms with Gasteiger partial charge < -0.3 is 15.5 Å². The average Bonchev–Trinajstić information content (AvgIpc) is 2.79. The molecule has 2 amide bonds. The first-order valence-corrected chi connectivity index (χ1v) is 11.2. The summed E-state index contributed by atoms with van der Waals surface area (Å²) in [5.41, 5.74) is 3.02. The van der Waals surface area contributed by atoms with E-state index >= 15 is 0 Å². The van der Waals surface area contributed by atoms with Gasteiger partial charge in [0.2, 0.25) is 5.91 Å². The molecule has 2 N–H and O–H groups in total. The summed E-state index contributed by atoms with van der Waals surface area (Å²) in [5, 5.41) is 6.54. The van der Waals surface area contributed by atoms with Crippen molar-refractivity contribution in [1.82, 2.24) is 15.5 Å². The zero-order valence-electron chi connectivity index (χ0n) is 17.7. The highest BCUT2D eigenvalue weighted by atomic mass is 19.1. The third-order valence-corrected chi connectivity index (χ3v) is 7.12. The third-order valence-electron chi connectivity index (χ3n) is 7.12. The van der Waals surface area contributed by atoms with Gasteiger partial charge in [-0.2, -0.15) is 0 Å². The normalized spacial score (nSPS) is 25.8. The number of hydrogen-bond acceptors (Lipinski definition) is 3. The van der Waals surface area contributed by atoms with Crippen LogP contribution in [0.1, 0.15) is 65.3 Å². The summed E-state index contributed by atoms with van der Waals surface area (Å²) in [5.74, 6) is -0.504. The zero-order chi connectivity index (χ0) is 21.5. The van der Waals surface area contributed by atoms with Crippen LogP contribution in [0.4, 0.5) is 4.39 Å². The van der Waals surface area contributed by atoms with Crippen LogP contribution in [-0.2, 0) is 11.2 Å². The molecule has 2 fully saturated rings. The van der Waals surface area contributed by atoms with Gasteiger partial charge in [0.1, 0.15) is 5.82 Å². The van der Waals surface area contributed by atoms with E-state index in [1.54, 1.807) is 0 Å². The third kappa shape index (κ3) is 3.63. The second-order valence-corrected chi connectivity index (χ2v) is 8.97. The first-order chi connectivity index (χ1) is 15.0. The highest BCUT2D eigenvalue weighted by Crippen LogP contribution is 2.43. The van der Waals surface area contributed by atoms with Crippen molar-refractivity contribution in [3.63, 3.8) is 0 Å². The summed E-state index contributed by atoms with van der Waals surface area (Å²) in [7, 11) is 0. The largest absolute Gasteiger partial charge is 0.346 e. The number of piperidine rings is 2. The highest BCUT2D eigenvalue weighted by molar-refractivity contribution is 5.97. The van der Waals surface area contributed by atoms with Crippen LogP contribution in [0.25, 0.3) is 0 Å². The number of carbonyl (C=O) groups is 2. The number of rotatable bonds is 3. The number of carbonyl (C=O) groups excluding carboxylic acids is 2. The van der Waals surface area contributed by atoms with E-state index in [2.05, 4.69) is 10.6 Å². The molecule has 2 aromatic carbocycles. The van der Waals surface area contributed by atoms with Crippen LogP contribution in [0.2, 0.25) is 0 Å². The predicted octanol–water partition coefficient (Wildman–Crippen LogP) is 3.51. The molecular weight excluding hydrogens is 393 g/mol. The maximum Gasteiger partial charge on any atom is 0.252 e. The lowest BCUT2D eigenvalue weighted by atomic mass is 9.76. The van der Waals surface area contributed by atoms with Gasteiger partial charge in [-0.25, -0.2) is 4.39 Å².